The molecular formula is C18H21F2N5O5S. The first-order chi connectivity index (χ1) is 14.5. The molecule has 0 unspecified atom stereocenters. The van der Waals surface area contributed by atoms with E-state index < -0.39 is 44.5 Å². The normalized spacial score (nSPS) is 15.6. The number of ether oxygens (including phenoxy) is 1. The maximum atomic E-state index is 14.3. The van der Waals surface area contributed by atoms with Gasteiger partial charge in [0.05, 0.1) is 18.9 Å². The zero-order valence-corrected chi connectivity index (χ0v) is 17.5. The number of halogens is 2. The Balaban J connectivity index is 1.80. The Morgan fingerprint density at radius 3 is 2.55 bits per heavy atom. The van der Waals surface area contributed by atoms with Crippen molar-refractivity contribution in [2.75, 3.05) is 37.5 Å². The molecule has 10 nitrogen and oxygen atoms in total. The lowest BCUT2D eigenvalue weighted by atomic mass is 10.0. The molecule has 1 saturated heterocycles. The molecule has 168 valence electrons. The molecule has 2 aromatic rings. The topological polar surface area (TPSA) is 148 Å². The van der Waals surface area contributed by atoms with Crippen LogP contribution in [0.1, 0.15) is 28.8 Å². The fourth-order valence-corrected chi connectivity index (χ4v) is 4.17. The number of hydrogen-bond acceptors (Lipinski definition) is 9. The molecule has 2 heterocycles. The summed E-state index contributed by atoms with van der Waals surface area (Å²) in [6.07, 6.45) is 3.24. The number of nitrogens with zero attached hydrogens (tertiary/aromatic N) is 3. The summed E-state index contributed by atoms with van der Waals surface area (Å²) in [7, 11) is -2.17. The summed E-state index contributed by atoms with van der Waals surface area (Å²) in [5.74, 6) is -5.47. The molecule has 1 aliphatic heterocycles. The van der Waals surface area contributed by atoms with Crippen molar-refractivity contribution in [3.63, 3.8) is 0 Å². The number of nitrogens with two attached hydrogens (primary N) is 1. The number of rotatable bonds is 6. The Morgan fingerprint density at radius 1 is 1.35 bits per heavy atom. The molecule has 13 heteroatoms. The smallest absolute Gasteiger partial charge is 0.224 e. The van der Waals surface area contributed by atoms with E-state index in [1.54, 1.807) is 0 Å². The average Bonchev–Trinajstić information content (AvgIpc) is 2.70. The first kappa shape index (κ1) is 22.6. The summed E-state index contributed by atoms with van der Waals surface area (Å²) >= 11 is 0. The lowest BCUT2D eigenvalue weighted by Gasteiger charge is -2.30. The van der Waals surface area contributed by atoms with Crippen LogP contribution < -0.4 is 15.8 Å². The molecule has 0 saturated carbocycles. The van der Waals surface area contributed by atoms with Crippen LogP contribution in [0.2, 0.25) is 0 Å². The van der Waals surface area contributed by atoms with Crippen molar-refractivity contribution in [2.45, 2.75) is 18.9 Å². The number of methoxy groups -OCH3 is 1. The predicted octanol–water partition coefficient (Wildman–Crippen LogP) is 1.12. The van der Waals surface area contributed by atoms with E-state index in [9.17, 15) is 27.1 Å². The van der Waals surface area contributed by atoms with Crippen LogP contribution in [0.25, 0.3) is 0 Å². The number of piperidine rings is 1. The van der Waals surface area contributed by atoms with Crippen LogP contribution >= 0.6 is 0 Å². The largest absolute Gasteiger partial charge is 0.504 e. The van der Waals surface area contributed by atoms with E-state index in [0.29, 0.717) is 32.0 Å². The Morgan fingerprint density at radius 2 is 2.00 bits per heavy atom. The number of hydrogen-bond donors (Lipinski definition) is 3. The van der Waals surface area contributed by atoms with E-state index in [1.165, 1.54) is 4.31 Å². The number of phenols is 1. The molecule has 0 aliphatic carbocycles. The zero-order valence-electron chi connectivity index (χ0n) is 16.7. The lowest BCUT2D eigenvalue weighted by molar-refractivity contribution is 0.103. The van der Waals surface area contributed by atoms with Crippen LogP contribution in [0.5, 0.6) is 11.5 Å². The Bertz CT molecular complexity index is 1120. The van der Waals surface area contributed by atoms with E-state index in [0.717, 1.165) is 19.6 Å². The van der Waals surface area contributed by atoms with E-state index in [4.69, 9.17) is 10.5 Å². The Labute approximate surface area is 177 Å². The second-order valence-electron chi connectivity index (χ2n) is 7.00. The number of sulfonamides is 1. The summed E-state index contributed by atoms with van der Waals surface area (Å²) in [5.41, 5.74) is 4.71. The van der Waals surface area contributed by atoms with Gasteiger partial charge in [0.15, 0.2) is 23.1 Å². The molecule has 1 aliphatic rings. The summed E-state index contributed by atoms with van der Waals surface area (Å²) in [5, 5.41) is 12.8. The minimum absolute atomic E-state index is 0.0985. The van der Waals surface area contributed by atoms with Gasteiger partial charge in [-0.2, -0.15) is 4.98 Å². The van der Waals surface area contributed by atoms with Crippen molar-refractivity contribution in [1.82, 2.24) is 14.3 Å². The van der Waals surface area contributed by atoms with E-state index >= 15 is 0 Å². The van der Waals surface area contributed by atoms with Gasteiger partial charge in [0.25, 0.3) is 0 Å². The van der Waals surface area contributed by atoms with Gasteiger partial charge in [-0.05, 0) is 12.8 Å². The number of aromatic nitrogens is 2. The molecule has 1 aromatic heterocycles. The second kappa shape index (κ2) is 8.59. The maximum absolute atomic E-state index is 14.3. The molecule has 3 rings (SSSR count). The Hall–Kier alpha value is -3.06. The third kappa shape index (κ3) is 4.66. The van der Waals surface area contributed by atoms with Gasteiger partial charge in [-0.1, -0.05) is 0 Å². The maximum Gasteiger partial charge on any atom is 0.224 e. The summed E-state index contributed by atoms with van der Waals surface area (Å²) in [6.45, 7) is 0.676. The Kier molecular flexibility index (Phi) is 6.27. The van der Waals surface area contributed by atoms with E-state index in [-0.39, 0.29) is 23.4 Å². The van der Waals surface area contributed by atoms with Gasteiger partial charge in [-0.15, -0.1) is 0 Å². The summed E-state index contributed by atoms with van der Waals surface area (Å²) < 4.78 is 57.3. The number of carbonyl (C=O) groups is 1. The average molecular weight is 457 g/mol. The number of carbonyl (C=O) groups excluding carboxylic acids is 1. The lowest BCUT2D eigenvalue weighted by Crippen LogP contribution is -2.42. The summed E-state index contributed by atoms with van der Waals surface area (Å²) in [4.78, 5) is 20.8. The first-order valence-corrected chi connectivity index (χ1v) is 11.0. The highest BCUT2D eigenvalue weighted by Crippen LogP contribution is 2.35. The van der Waals surface area contributed by atoms with Crippen molar-refractivity contribution in [1.29, 1.82) is 0 Å². The predicted molar refractivity (Wildman–Crippen MR) is 108 cm³/mol. The van der Waals surface area contributed by atoms with Gasteiger partial charge in [-0.3, -0.25) is 4.79 Å². The fraction of sp³-hybridized carbons (Fsp3) is 0.389. The van der Waals surface area contributed by atoms with Gasteiger partial charge in [-0.25, -0.2) is 26.5 Å². The van der Waals surface area contributed by atoms with Crippen molar-refractivity contribution in [3.8, 4) is 11.5 Å². The third-order valence-corrected chi connectivity index (χ3v) is 6.21. The second-order valence-corrected chi connectivity index (χ2v) is 8.98. The third-order valence-electron chi connectivity index (χ3n) is 4.90. The standard InChI is InChI=1S/C18H21F2N5O5S/c1-30-16-12(26)7-11(19)14(20)13(16)15(27)10-8-22-18(24-17(10)21)23-9-3-5-25(6-4-9)31(2,28)29/h7-9,26H,3-6H2,1-2H3,(H3,21,22,23,24). The molecule has 31 heavy (non-hydrogen) atoms. The molecule has 0 atom stereocenters. The van der Waals surface area contributed by atoms with Crippen molar-refractivity contribution in [3.05, 3.63) is 35.0 Å². The number of benzene rings is 1. The highest BCUT2D eigenvalue weighted by Gasteiger charge is 2.29. The molecule has 1 aromatic carbocycles. The molecule has 0 amide bonds. The monoisotopic (exact) mass is 457 g/mol. The minimum atomic E-state index is -3.25. The molecule has 0 spiro atoms. The highest BCUT2D eigenvalue weighted by atomic mass is 32.2. The number of anilines is 2. The van der Waals surface area contributed by atoms with Gasteiger partial charge < -0.3 is 20.9 Å². The summed E-state index contributed by atoms with van der Waals surface area (Å²) in [6, 6.07) is 0.379. The highest BCUT2D eigenvalue weighted by molar-refractivity contribution is 7.88. The number of phenolic OH excluding ortho intramolecular Hbond substituents is 1. The fourth-order valence-electron chi connectivity index (χ4n) is 3.29. The molecular weight excluding hydrogens is 436 g/mol. The van der Waals surface area contributed by atoms with Gasteiger partial charge >= 0.3 is 0 Å². The van der Waals surface area contributed by atoms with E-state index in [2.05, 4.69) is 15.3 Å². The van der Waals surface area contributed by atoms with Crippen LogP contribution in [-0.4, -0.2) is 66.1 Å². The van der Waals surface area contributed by atoms with Crippen LogP contribution in [-0.2, 0) is 10.0 Å². The van der Waals surface area contributed by atoms with Gasteiger partial charge in [0.1, 0.15) is 11.4 Å². The molecule has 0 bridgehead atoms. The van der Waals surface area contributed by atoms with E-state index in [1.807, 2.05) is 0 Å². The number of aromatic hydroxyl groups is 1. The molecule has 0 radical (unpaired) electrons. The van der Waals surface area contributed by atoms with Crippen molar-refractivity contribution < 1.29 is 31.8 Å². The number of nitrogens with one attached hydrogen (secondary N) is 1. The van der Waals surface area contributed by atoms with Gasteiger partial charge in [0, 0.05) is 31.4 Å². The van der Waals surface area contributed by atoms with Crippen LogP contribution in [0.4, 0.5) is 20.5 Å². The van der Waals surface area contributed by atoms with Crippen molar-refractivity contribution >= 4 is 27.6 Å². The van der Waals surface area contributed by atoms with Crippen LogP contribution in [0, 0.1) is 11.6 Å². The van der Waals surface area contributed by atoms with Gasteiger partial charge in [0.2, 0.25) is 21.8 Å². The SMILES string of the molecule is COc1c(O)cc(F)c(F)c1C(=O)c1cnc(NC2CCN(S(C)(=O)=O)CC2)nc1N. The number of nitrogen functional groups attached to an aromatic ring is 1. The minimum Gasteiger partial charge on any atom is -0.504 e. The van der Waals surface area contributed by atoms with Crippen LogP contribution in [0.15, 0.2) is 12.3 Å². The molecule has 1 fully saturated rings. The van der Waals surface area contributed by atoms with Crippen LogP contribution in [0.3, 0.4) is 0 Å². The molecule has 4 N–H and O–H groups in total. The van der Waals surface area contributed by atoms with Crippen molar-refractivity contribution in [2.24, 2.45) is 0 Å². The number of ketones is 1. The quantitative estimate of drug-likeness (QED) is 0.543. The zero-order chi connectivity index (χ0) is 22.9. The first-order valence-electron chi connectivity index (χ1n) is 9.16.